The number of rotatable bonds is 6. The van der Waals surface area contributed by atoms with Crippen LogP contribution in [0.1, 0.15) is 0 Å². The molecule has 3 aromatic heterocycles. The highest BCUT2D eigenvalue weighted by atomic mass is 32.2. The van der Waals surface area contributed by atoms with Gasteiger partial charge in [0.2, 0.25) is 5.91 Å². The maximum Gasteiger partial charge on any atom is 0.238 e. The Morgan fingerprint density at radius 3 is 2.83 bits per heavy atom. The third kappa shape index (κ3) is 4.78. The van der Waals surface area contributed by atoms with Gasteiger partial charge < -0.3 is 25.3 Å². The molecule has 4 rings (SSSR count). The third-order valence-corrected chi connectivity index (χ3v) is 5.56. The molecule has 0 spiro atoms. The molecule has 0 unspecified atom stereocenters. The molecule has 156 valence electrons. The number of piperazine rings is 1. The zero-order chi connectivity index (χ0) is 20.9. The van der Waals surface area contributed by atoms with Crippen LogP contribution in [0.25, 0.3) is 11.5 Å². The van der Waals surface area contributed by atoms with Crippen molar-refractivity contribution >= 4 is 29.0 Å². The summed E-state index contributed by atoms with van der Waals surface area (Å²) in [5, 5.41) is 3.94. The van der Waals surface area contributed by atoms with Crippen molar-refractivity contribution in [2.75, 3.05) is 50.0 Å². The van der Waals surface area contributed by atoms with Gasteiger partial charge in [0.05, 0.1) is 24.7 Å². The van der Waals surface area contributed by atoms with Crippen molar-refractivity contribution in [3.8, 4) is 11.5 Å². The standard InChI is InChI=1S/C20H23N7O2S/c1-26-6-8-27(9-7-26)15-13-23-20(25-19(15)16-3-2-10-29-16)30-18-11-14(4-5-22-18)24-17(28)12-21/h2-5,10-11,13H,6-9,12,21H2,1H3,(H,22,24,28). The Balaban J connectivity index is 1.60. The minimum atomic E-state index is -0.259. The lowest BCUT2D eigenvalue weighted by Crippen LogP contribution is -2.44. The summed E-state index contributed by atoms with van der Waals surface area (Å²) in [4.78, 5) is 29.8. The van der Waals surface area contributed by atoms with Crippen LogP contribution >= 0.6 is 11.8 Å². The van der Waals surface area contributed by atoms with Crippen LogP contribution in [0.15, 0.2) is 57.5 Å². The molecule has 1 aliphatic heterocycles. The highest BCUT2D eigenvalue weighted by Gasteiger charge is 2.21. The zero-order valence-corrected chi connectivity index (χ0v) is 17.4. The minimum absolute atomic E-state index is 0.0752. The molecule has 30 heavy (non-hydrogen) atoms. The average molecular weight is 426 g/mol. The monoisotopic (exact) mass is 425 g/mol. The van der Waals surface area contributed by atoms with Crippen LogP contribution in [0.5, 0.6) is 0 Å². The summed E-state index contributed by atoms with van der Waals surface area (Å²) >= 11 is 1.32. The number of anilines is 2. The van der Waals surface area contributed by atoms with Gasteiger partial charge in [-0.1, -0.05) is 0 Å². The highest BCUT2D eigenvalue weighted by Crippen LogP contribution is 2.33. The first-order valence-corrected chi connectivity index (χ1v) is 10.4. The van der Waals surface area contributed by atoms with Crippen molar-refractivity contribution in [2.24, 2.45) is 5.73 Å². The molecule has 1 aliphatic rings. The molecule has 9 nitrogen and oxygen atoms in total. The third-order valence-electron chi connectivity index (χ3n) is 4.75. The molecule has 3 aromatic rings. The first-order chi connectivity index (χ1) is 14.6. The lowest BCUT2D eigenvalue weighted by atomic mass is 10.2. The zero-order valence-electron chi connectivity index (χ0n) is 16.6. The van der Waals surface area contributed by atoms with E-state index in [0.29, 0.717) is 21.6 Å². The molecule has 1 fully saturated rings. The van der Waals surface area contributed by atoms with E-state index in [2.05, 4.69) is 32.1 Å². The molecular weight excluding hydrogens is 402 g/mol. The number of aromatic nitrogens is 3. The number of nitrogens with one attached hydrogen (secondary N) is 1. The summed E-state index contributed by atoms with van der Waals surface area (Å²) in [5.74, 6) is 0.440. The lowest BCUT2D eigenvalue weighted by molar-refractivity contribution is -0.114. The van der Waals surface area contributed by atoms with E-state index in [4.69, 9.17) is 15.1 Å². The summed E-state index contributed by atoms with van der Waals surface area (Å²) in [6.07, 6.45) is 5.11. The summed E-state index contributed by atoms with van der Waals surface area (Å²) in [6.45, 7) is 3.71. The highest BCUT2D eigenvalue weighted by molar-refractivity contribution is 7.99. The number of hydrogen-bond acceptors (Lipinski definition) is 9. The van der Waals surface area contributed by atoms with Crippen LogP contribution in [-0.4, -0.2) is 65.5 Å². The Labute approximate surface area is 178 Å². The fourth-order valence-electron chi connectivity index (χ4n) is 3.13. The van der Waals surface area contributed by atoms with Crippen LogP contribution in [0, 0.1) is 0 Å². The van der Waals surface area contributed by atoms with Gasteiger partial charge in [-0.05, 0) is 43.1 Å². The van der Waals surface area contributed by atoms with Crippen molar-refractivity contribution in [2.45, 2.75) is 10.2 Å². The summed E-state index contributed by atoms with van der Waals surface area (Å²) in [5.41, 5.74) is 7.70. The van der Waals surface area contributed by atoms with E-state index in [1.807, 2.05) is 18.3 Å². The van der Waals surface area contributed by atoms with Gasteiger partial charge in [0.25, 0.3) is 0 Å². The minimum Gasteiger partial charge on any atom is -0.463 e. The van der Waals surface area contributed by atoms with Gasteiger partial charge in [0, 0.05) is 38.1 Å². The largest absolute Gasteiger partial charge is 0.463 e. The smallest absolute Gasteiger partial charge is 0.238 e. The topological polar surface area (TPSA) is 113 Å². The van der Waals surface area contributed by atoms with Crippen LogP contribution < -0.4 is 16.0 Å². The first-order valence-electron chi connectivity index (χ1n) is 9.60. The van der Waals surface area contributed by atoms with E-state index >= 15 is 0 Å². The molecule has 10 heteroatoms. The Bertz CT molecular complexity index is 1000. The summed E-state index contributed by atoms with van der Waals surface area (Å²) in [7, 11) is 2.12. The van der Waals surface area contributed by atoms with Crippen LogP contribution in [-0.2, 0) is 4.79 Å². The second-order valence-corrected chi connectivity index (χ2v) is 7.88. The predicted molar refractivity (Wildman–Crippen MR) is 115 cm³/mol. The SMILES string of the molecule is CN1CCN(c2cnc(Sc3cc(NC(=O)CN)ccn3)nc2-c2ccco2)CC1. The van der Waals surface area contributed by atoms with Crippen LogP contribution in [0.3, 0.4) is 0 Å². The fraction of sp³-hybridized carbons (Fsp3) is 0.300. The molecule has 3 N–H and O–H groups in total. The molecule has 0 bridgehead atoms. The molecule has 4 heterocycles. The Morgan fingerprint density at radius 2 is 2.10 bits per heavy atom. The Hall–Kier alpha value is -2.95. The molecule has 0 radical (unpaired) electrons. The second kappa shape index (κ2) is 9.24. The number of furan rings is 1. The van der Waals surface area contributed by atoms with Gasteiger partial charge in [-0.25, -0.2) is 15.0 Å². The maximum atomic E-state index is 11.5. The summed E-state index contributed by atoms with van der Waals surface area (Å²) in [6, 6.07) is 7.23. The maximum absolute atomic E-state index is 11.5. The second-order valence-electron chi connectivity index (χ2n) is 6.89. The van der Waals surface area contributed by atoms with E-state index in [0.717, 1.165) is 37.6 Å². The quantitative estimate of drug-likeness (QED) is 0.572. The van der Waals surface area contributed by atoms with Crippen molar-refractivity contribution < 1.29 is 9.21 Å². The molecule has 0 saturated carbocycles. The normalized spacial score (nSPS) is 14.7. The molecule has 0 aromatic carbocycles. The number of carbonyl (C=O) groups is 1. The Kier molecular flexibility index (Phi) is 6.26. The number of carbonyl (C=O) groups excluding carboxylic acids is 1. The van der Waals surface area contributed by atoms with Crippen molar-refractivity contribution in [3.05, 3.63) is 42.9 Å². The molecule has 0 atom stereocenters. The van der Waals surface area contributed by atoms with Gasteiger partial charge in [-0.15, -0.1) is 0 Å². The number of hydrogen-bond donors (Lipinski definition) is 2. The van der Waals surface area contributed by atoms with Crippen LogP contribution in [0.4, 0.5) is 11.4 Å². The Morgan fingerprint density at radius 1 is 1.27 bits per heavy atom. The van der Waals surface area contributed by atoms with E-state index in [1.54, 1.807) is 24.6 Å². The van der Waals surface area contributed by atoms with E-state index < -0.39 is 0 Å². The molecule has 1 saturated heterocycles. The fourth-order valence-corrected chi connectivity index (χ4v) is 3.86. The summed E-state index contributed by atoms with van der Waals surface area (Å²) < 4.78 is 5.64. The van der Waals surface area contributed by atoms with Crippen LogP contribution in [0.2, 0.25) is 0 Å². The average Bonchev–Trinajstić information content (AvgIpc) is 3.29. The van der Waals surface area contributed by atoms with Gasteiger partial charge in [-0.2, -0.15) is 0 Å². The number of pyridine rings is 1. The number of nitrogens with two attached hydrogens (primary N) is 1. The number of amides is 1. The van der Waals surface area contributed by atoms with Gasteiger partial charge in [0.1, 0.15) is 10.7 Å². The molecule has 1 amide bonds. The van der Waals surface area contributed by atoms with E-state index in [-0.39, 0.29) is 12.5 Å². The predicted octanol–water partition coefficient (Wildman–Crippen LogP) is 1.93. The van der Waals surface area contributed by atoms with Crippen molar-refractivity contribution in [3.63, 3.8) is 0 Å². The lowest BCUT2D eigenvalue weighted by Gasteiger charge is -2.34. The van der Waals surface area contributed by atoms with Gasteiger partial charge in [0.15, 0.2) is 10.9 Å². The number of nitrogens with zero attached hydrogens (tertiary/aromatic N) is 5. The van der Waals surface area contributed by atoms with Crippen molar-refractivity contribution in [1.29, 1.82) is 0 Å². The molecular formula is C20H23N7O2S. The van der Waals surface area contributed by atoms with E-state index in [9.17, 15) is 4.79 Å². The van der Waals surface area contributed by atoms with Gasteiger partial charge >= 0.3 is 0 Å². The van der Waals surface area contributed by atoms with Crippen molar-refractivity contribution in [1.82, 2.24) is 19.9 Å². The molecule has 0 aliphatic carbocycles. The first kappa shape index (κ1) is 20.3. The van der Waals surface area contributed by atoms with E-state index in [1.165, 1.54) is 11.8 Å². The number of likely N-dealkylation sites (N-methyl/N-ethyl adjacent to an activating group) is 1. The van der Waals surface area contributed by atoms with Gasteiger partial charge in [-0.3, -0.25) is 4.79 Å².